The lowest BCUT2D eigenvalue weighted by molar-refractivity contribution is -0.120. The summed E-state index contributed by atoms with van der Waals surface area (Å²) in [6.07, 6.45) is 3.79. The van der Waals surface area contributed by atoms with Crippen LogP contribution in [0.3, 0.4) is 0 Å². The van der Waals surface area contributed by atoms with Gasteiger partial charge in [0.25, 0.3) is 0 Å². The number of nitrogens with one attached hydrogen (secondary N) is 1. The number of carbonyl (C=O) groups is 1. The van der Waals surface area contributed by atoms with E-state index in [4.69, 9.17) is 0 Å². The van der Waals surface area contributed by atoms with Gasteiger partial charge in [0.1, 0.15) is 16.2 Å². The Morgan fingerprint density at radius 2 is 2.08 bits per heavy atom. The maximum absolute atomic E-state index is 12.2. The molecule has 0 unspecified atom stereocenters. The van der Waals surface area contributed by atoms with Crippen LogP contribution in [0.2, 0.25) is 0 Å². The number of amides is 1. The molecule has 1 aromatic carbocycles. The number of nitrogens with zero attached hydrogens (tertiary/aromatic N) is 2. The van der Waals surface area contributed by atoms with Crippen molar-refractivity contribution < 1.29 is 4.79 Å². The van der Waals surface area contributed by atoms with Gasteiger partial charge in [-0.1, -0.05) is 42.1 Å². The zero-order chi connectivity index (χ0) is 16.5. The molecule has 1 saturated carbocycles. The van der Waals surface area contributed by atoms with Crippen LogP contribution in [-0.4, -0.2) is 27.2 Å². The normalized spacial score (nSPS) is 15.4. The highest BCUT2D eigenvalue weighted by Crippen LogP contribution is 2.37. The Kier molecular flexibility index (Phi) is 4.24. The number of thiophene rings is 1. The minimum Gasteiger partial charge on any atom is -0.352 e. The summed E-state index contributed by atoms with van der Waals surface area (Å²) < 4.78 is 0. The van der Waals surface area contributed by atoms with Crippen LogP contribution in [0.4, 0.5) is 0 Å². The Morgan fingerprint density at radius 1 is 1.29 bits per heavy atom. The summed E-state index contributed by atoms with van der Waals surface area (Å²) >= 11 is 3.16. The van der Waals surface area contributed by atoms with Crippen LogP contribution in [0.1, 0.15) is 19.8 Å². The fraction of sp³-hybridized carbons (Fsp3) is 0.278. The summed E-state index contributed by atoms with van der Waals surface area (Å²) in [5.74, 6) is 0.0905. The van der Waals surface area contributed by atoms with Crippen molar-refractivity contribution in [3.63, 3.8) is 0 Å². The number of hydrogen-bond acceptors (Lipinski definition) is 5. The molecule has 1 atom stereocenters. The van der Waals surface area contributed by atoms with Crippen LogP contribution in [-0.2, 0) is 4.79 Å². The van der Waals surface area contributed by atoms with E-state index in [0.29, 0.717) is 6.04 Å². The lowest BCUT2D eigenvalue weighted by Crippen LogP contribution is -2.32. The molecule has 1 fully saturated rings. The predicted molar refractivity (Wildman–Crippen MR) is 99.3 cm³/mol. The third-order valence-corrected chi connectivity index (χ3v) is 6.14. The van der Waals surface area contributed by atoms with Crippen LogP contribution in [0, 0.1) is 0 Å². The molecule has 0 aliphatic heterocycles. The van der Waals surface area contributed by atoms with Crippen molar-refractivity contribution in [2.24, 2.45) is 0 Å². The molecule has 2 heterocycles. The van der Waals surface area contributed by atoms with Gasteiger partial charge in [0.05, 0.1) is 5.25 Å². The van der Waals surface area contributed by atoms with E-state index in [1.807, 2.05) is 25.1 Å². The Balaban J connectivity index is 1.61. The highest BCUT2D eigenvalue weighted by Gasteiger charge is 2.26. The zero-order valence-corrected chi connectivity index (χ0v) is 14.9. The molecule has 1 aliphatic rings. The van der Waals surface area contributed by atoms with Crippen LogP contribution in [0.5, 0.6) is 0 Å². The van der Waals surface area contributed by atoms with Crippen LogP contribution < -0.4 is 5.32 Å². The Bertz CT molecular complexity index is 874. The van der Waals surface area contributed by atoms with E-state index < -0.39 is 0 Å². The lowest BCUT2D eigenvalue weighted by Gasteiger charge is -2.11. The Morgan fingerprint density at radius 3 is 2.83 bits per heavy atom. The molecule has 0 saturated heterocycles. The van der Waals surface area contributed by atoms with Crippen LogP contribution >= 0.6 is 23.1 Å². The summed E-state index contributed by atoms with van der Waals surface area (Å²) in [7, 11) is 0. The van der Waals surface area contributed by atoms with E-state index in [1.165, 1.54) is 22.2 Å². The summed E-state index contributed by atoms with van der Waals surface area (Å²) in [5, 5.41) is 4.79. The standard InChI is InChI=1S/C18H17N3OS2/c1-11(16(22)21-13-7-8-13)23-17-14-9-15(12-5-3-2-4-6-12)24-18(14)20-10-19-17/h2-6,9-11,13H,7-8H2,1H3,(H,21,22)/t11-/m0/s1. The van der Waals surface area contributed by atoms with E-state index in [9.17, 15) is 4.79 Å². The van der Waals surface area contributed by atoms with Crippen molar-refractivity contribution in [2.45, 2.75) is 36.1 Å². The smallest absolute Gasteiger partial charge is 0.233 e. The topological polar surface area (TPSA) is 54.9 Å². The molecule has 6 heteroatoms. The monoisotopic (exact) mass is 355 g/mol. The maximum Gasteiger partial charge on any atom is 0.233 e. The fourth-order valence-electron chi connectivity index (χ4n) is 2.44. The van der Waals surface area contributed by atoms with E-state index in [0.717, 1.165) is 28.1 Å². The highest BCUT2D eigenvalue weighted by molar-refractivity contribution is 8.00. The fourth-order valence-corrected chi connectivity index (χ4v) is 4.41. The quantitative estimate of drug-likeness (QED) is 0.552. The molecule has 24 heavy (non-hydrogen) atoms. The molecular formula is C18H17N3OS2. The summed E-state index contributed by atoms with van der Waals surface area (Å²) in [6.45, 7) is 1.93. The molecule has 3 aromatic rings. The first-order valence-corrected chi connectivity index (χ1v) is 9.67. The van der Waals surface area contributed by atoms with Gasteiger partial charge in [-0.25, -0.2) is 9.97 Å². The Labute approximate surface area is 148 Å². The number of fused-ring (bicyclic) bond motifs is 1. The van der Waals surface area contributed by atoms with Crippen LogP contribution in [0.15, 0.2) is 47.8 Å². The number of rotatable bonds is 5. The number of aromatic nitrogens is 2. The molecule has 4 nitrogen and oxygen atoms in total. The van der Waals surface area contributed by atoms with Gasteiger partial charge < -0.3 is 5.32 Å². The molecule has 0 spiro atoms. The molecule has 2 aromatic heterocycles. The number of benzene rings is 1. The van der Waals surface area contributed by atoms with Crippen molar-refractivity contribution in [1.29, 1.82) is 0 Å². The predicted octanol–water partition coefficient (Wildman–Crippen LogP) is 4.12. The van der Waals surface area contributed by atoms with Gasteiger partial charge >= 0.3 is 0 Å². The second-order valence-corrected chi connectivity index (χ2v) is 8.28. The molecular weight excluding hydrogens is 338 g/mol. The van der Waals surface area contributed by atoms with E-state index in [2.05, 4.69) is 33.5 Å². The molecule has 1 amide bonds. The SMILES string of the molecule is C[C@H](Sc1ncnc2sc(-c3ccccc3)cc12)C(=O)NC1CC1. The maximum atomic E-state index is 12.2. The number of hydrogen-bond donors (Lipinski definition) is 1. The summed E-state index contributed by atoms with van der Waals surface area (Å²) in [5.41, 5.74) is 1.18. The third-order valence-electron chi connectivity index (χ3n) is 3.93. The van der Waals surface area contributed by atoms with Gasteiger partial charge in [-0.2, -0.15) is 0 Å². The summed E-state index contributed by atoms with van der Waals surface area (Å²) in [6, 6.07) is 12.8. The minimum absolute atomic E-state index is 0.0905. The Hall–Kier alpha value is -1.92. The first-order valence-electron chi connectivity index (χ1n) is 7.98. The molecule has 0 bridgehead atoms. The molecule has 4 rings (SSSR count). The van der Waals surface area contributed by atoms with Crippen molar-refractivity contribution in [3.05, 3.63) is 42.7 Å². The largest absolute Gasteiger partial charge is 0.352 e. The van der Waals surface area contributed by atoms with E-state index >= 15 is 0 Å². The zero-order valence-electron chi connectivity index (χ0n) is 13.2. The summed E-state index contributed by atoms with van der Waals surface area (Å²) in [4.78, 5) is 23.1. The van der Waals surface area contributed by atoms with Crippen molar-refractivity contribution >= 4 is 39.2 Å². The average molecular weight is 355 g/mol. The number of carbonyl (C=O) groups excluding carboxylic acids is 1. The van der Waals surface area contributed by atoms with Gasteiger partial charge in [0.2, 0.25) is 5.91 Å². The van der Waals surface area contributed by atoms with E-state index in [-0.39, 0.29) is 11.2 Å². The molecule has 122 valence electrons. The first-order chi connectivity index (χ1) is 11.7. The van der Waals surface area contributed by atoms with Gasteiger partial charge in [-0.15, -0.1) is 11.3 Å². The second kappa shape index (κ2) is 6.53. The van der Waals surface area contributed by atoms with Crippen LogP contribution in [0.25, 0.3) is 20.7 Å². The second-order valence-electron chi connectivity index (χ2n) is 5.92. The molecule has 0 radical (unpaired) electrons. The molecule has 1 aliphatic carbocycles. The van der Waals surface area contributed by atoms with Gasteiger partial charge in [-0.3, -0.25) is 4.79 Å². The van der Waals surface area contributed by atoms with Crippen molar-refractivity contribution in [1.82, 2.24) is 15.3 Å². The molecule has 1 N–H and O–H groups in total. The van der Waals surface area contributed by atoms with Gasteiger partial charge in [-0.05, 0) is 31.4 Å². The van der Waals surface area contributed by atoms with Crippen molar-refractivity contribution in [2.75, 3.05) is 0 Å². The minimum atomic E-state index is -0.163. The lowest BCUT2D eigenvalue weighted by atomic mass is 10.2. The number of thioether (sulfide) groups is 1. The van der Waals surface area contributed by atoms with E-state index in [1.54, 1.807) is 17.7 Å². The average Bonchev–Trinajstić information content (AvgIpc) is 3.30. The van der Waals surface area contributed by atoms with Crippen molar-refractivity contribution in [3.8, 4) is 10.4 Å². The van der Waals surface area contributed by atoms with Gasteiger partial charge in [0, 0.05) is 16.3 Å². The van der Waals surface area contributed by atoms with Gasteiger partial charge in [0.15, 0.2) is 0 Å². The highest BCUT2D eigenvalue weighted by atomic mass is 32.2. The third kappa shape index (κ3) is 3.30. The first kappa shape index (κ1) is 15.6.